The number of aromatic nitrogens is 2. The molecule has 1 aromatic carbocycles. The second kappa shape index (κ2) is 7.34. The summed E-state index contributed by atoms with van der Waals surface area (Å²) in [6, 6.07) is 11.2. The third-order valence-corrected chi connectivity index (χ3v) is 3.47. The molecule has 5 heteroatoms. The van der Waals surface area contributed by atoms with Gasteiger partial charge in [0.05, 0.1) is 12.7 Å². The maximum absolute atomic E-state index is 12.1. The van der Waals surface area contributed by atoms with E-state index in [1.54, 1.807) is 12.3 Å². The molecule has 0 aliphatic rings. The van der Waals surface area contributed by atoms with Crippen LogP contribution in [0.15, 0.2) is 48.8 Å². The van der Waals surface area contributed by atoms with Crippen LogP contribution in [0.4, 0.5) is 0 Å². The van der Waals surface area contributed by atoms with Crippen LogP contribution in [0.2, 0.25) is 0 Å². The fourth-order valence-corrected chi connectivity index (χ4v) is 2.19. The highest BCUT2D eigenvalue weighted by atomic mass is 16.5. The van der Waals surface area contributed by atoms with Gasteiger partial charge in [-0.1, -0.05) is 17.9 Å². The maximum Gasteiger partial charge on any atom is 0.252 e. The van der Waals surface area contributed by atoms with Gasteiger partial charge in [0, 0.05) is 23.0 Å². The summed E-state index contributed by atoms with van der Waals surface area (Å²) >= 11 is 0. The van der Waals surface area contributed by atoms with Crippen molar-refractivity contribution in [3.05, 3.63) is 60.0 Å². The van der Waals surface area contributed by atoms with E-state index >= 15 is 0 Å². The van der Waals surface area contributed by atoms with E-state index in [9.17, 15) is 4.79 Å². The molecule has 5 nitrogen and oxygen atoms in total. The Kier molecular flexibility index (Phi) is 4.78. The number of hydrogen-bond donors (Lipinski definition) is 2. The van der Waals surface area contributed by atoms with E-state index in [0.717, 1.165) is 16.6 Å². The Balaban J connectivity index is 1.46. The van der Waals surface area contributed by atoms with E-state index < -0.39 is 0 Å². The predicted octanol–water partition coefficient (Wildman–Crippen LogP) is 2.68. The number of amides is 1. The number of pyridine rings is 1. The minimum Gasteiger partial charge on any atom is -0.479 e. The summed E-state index contributed by atoms with van der Waals surface area (Å²) in [6.07, 6.45) is 3.51. The number of carbonyl (C=O) groups is 1. The lowest BCUT2D eigenvalue weighted by molar-refractivity contribution is 0.0959. The first-order valence-corrected chi connectivity index (χ1v) is 7.59. The minimum atomic E-state index is -0.149. The van der Waals surface area contributed by atoms with E-state index in [1.165, 1.54) is 0 Å². The van der Waals surface area contributed by atoms with Crippen LogP contribution in [0, 0.1) is 18.8 Å². The first-order chi connectivity index (χ1) is 11.7. The highest BCUT2D eigenvalue weighted by molar-refractivity contribution is 5.97. The number of hydrogen-bond acceptors (Lipinski definition) is 3. The van der Waals surface area contributed by atoms with Crippen LogP contribution in [0.5, 0.6) is 5.75 Å². The van der Waals surface area contributed by atoms with Crippen LogP contribution in [-0.4, -0.2) is 29.0 Å². The van der Waals surface area contributed by atoms with Crippen LogP contribution in [0.25, 0.3) is 10.9 Å². The van der Waals surface area contributed by atoms with Crippen LogP contribution in [0.1, 0.15) is 16.1 Å². The zero-order valence-corrected chi connectivity index (χ0v) is 13.3. The summed E-state index contributed by atoms with van der Waals surface area (Å²) in [6.45, 7) is 2.45. The van der Waals surface area contributed by atoms with Crippen molar-refractivity contribution in [2.45, 2.75) is 6.92 Å². The number of benzene rings is 1. The van der Waals surface area contributed by atoms with Crippen molar-refractivity contribution in [3.63, 3.8) is 0 Å². The molecule has 2 N–H and O–H groups in total. The number of nitrogens with one attached hydrogen (secondary N) is 2. The SMILES string of the molecule is Cc1ccc(OCC#CCNC(=O)c2ccc3cc[nH]c3c2)cn1. The summed E-state index contributed by atoms with van der Waals surface area (Å²) in [5.74, 6) is 6.25. The average molecular weight is 319 g/mol. The molecule has 0 aliphatic heterocycles. The van der Waals surface area contributed by atoms with Gasteiger partial charge in [0.15, 0.2) is 0 Å². The smallest absolute Gasteiger partial charge is 0.252 e. The summed E-state index contributed by atoms with van der Waals surface area (Å²) in [4.78, 5) is 19.3. The van der Waals surface area contributed by atoms with Gasteiger partial charge in [0.1, 0.15) is 12.4 Å². The van der Waals surface area contributed by atoms with Crippen molar-refractivity contribution in [2.24, 2.45) is 0 Å². The quantitative estimate of drug-likeness (QED) is 0.727. The molecule has 0 saturated carbocycles. The highest BCUT2D eigenvalue weighted by Gasteiger charge is 2.05. The van der Waals surface area contributed by atoms with E-state index in [2.05, 4.69) is 27.1 Å². The summed E-state index contributed by atoms with van der Waals surface area (Å²) in [7, 11) is 0. The lowest BCUT2D eigenvalue weighted by Crippen LogP contribution is -2.23. The first-order valence-electron chi connectivity index (χ1n) is 7.59. The second-order valence-electron chi connectivity index (χ2n) is 5.24. The van der Waals surface area contributed by atoms with Crippen molar-refractivity contribution >= 4 is 16.8 Å². The molecule has 0 radical (unpaired) electrons. The Labute approximate surface area is 140 Å². The third-order valence-electron chi connectivity index (χ3n) is 3.47. The number of H-pyrrole nitrogens is 1. The zero-order valence-electron chi connectivity index (χ0n) is 13.3. The predicted molar refractivity (Wildman–Crippen MR) is 92.9 cm³/mol. The van der Waals surface area contributed by atoms with Gasteiger partial charge < -0.3 is 15.0 Å². The van der Waals surface area contributed by atoms with Gasteiger partial charge in [-0.25, -0.2) is 0 Å². The Hall–Kier alpha value is -3.26. The number of carbonyl (C=O) groups excluding carboxylic acids is 1. The largest absolute Gasteiger partial charge is 0.479 e. The van der Waals surface area contributed by atoms with Gasteiger partial charge in [-0.2, -0.15) is 0 Å². The summed E-state index contributed by atoms with van der Waals surface area (Å²) in [5.41, 5.74) is 2.48. The Bertz CT molecular complexity index is 902. The van der Waals surface area contributed by atoms with Gasteiger partial charge in [0.25, 0.3) is 5.91 Å². The third kappa shape index (κ3) is 3.93. The number of fused-ring (bicyclic) bond motifs is 1. The Morgan fingerprint density at radius 1 is 1.25 bits per heavy atom. The molecule has 1 amide bonds. The molecule has 0 bridgehead atoms. The topological polar surface area (TPSA) is 67.0 Å². The van der Waals surface area contributed by atoms with Crippen LogP contribution < -0.4 is 10.1 Å². The van der Waals surface area contributed by atoms with Crippen molar-refractivity contribution < 1.29 is 9.53 Å². The minimum absolute atomic E-state index is 0.149. The van der Waals surface area contributed by atoms with Crippen molar-refractivity contribution in [1.29, 1.82) is 0 Å². The fourth-order valence-electron chi connectivity index (χ4n) is 2.19. The van der Waals surface area contributed by atoms with E-state index in [0.29, 0.717) is 11.3 Å². The standard InChI is InChI=1S/C19H17N3O2/c1-14-4-7-17(13-22-14)24-11-3-2-9-21-19(23)16-6-5-15-8-10-20-18(15)12-16/h4-8,10,12-13,20H,9,11H2,1H3,(H,21,23). The monoisotopic (exact) mass is 319 g/mol. The van der Waals surface area contributed by atoms with Gasteiger partial charge in [-0.3, -0.25) is 9.78 Å². The molecule has 2 heterocycles. The Morgan fingerprint density at radius 2 is 2.17 bits per heavy atom. The molecule has 120 valence electrons. The van der Waals surface area contributed by atoms with Gasteiger partial charge in [-0.15, -0.1) is 0 Å². The van der Waals surface area contributed by atoms with Crippen molar-refractivity contribution in [1.82, 2.24) is 15.3 Å². The number of aryl methyl sites for hydroxylation is 1. The van der Waals surface area contributed by atoms with Crippen LogP contribution in [-0.2, 0) is 0 Å². The molecule has 0 aliphatic carbocycles. The Morgan fingerprint density at radius 3 is 3.00 bits per heavy atom. The molecule has 0 fully saturated rings. The first kappa shape index (κ1) is 15.6. The van der Waals surface area contributed by atoms with Crippen molar-refractivity contribution in [3.8, 4) is 17.6 Å². The number of aromatic amines is 1. The molecule has 3 rings (SSSR count). The van der Waals surface area contributed by atoms with Crippen molar-refractivity contribution in [2.75, 3.05) is 13.2 Å². The molecule has 24 heavy (non-hydrogen) atoms. The molecule has 0 unspecified atom stereocenters. The molecule has 0 atom stereocenters. The van der Waals surface area contributed by atoms with Crippen LogP contribution >= 0.6 is 0 Å². The van der Waals surface area contributed by atoms with E-state index in [1.807, 2.05) is 43.5 Å². The van der Waals surface area contributed by atoms with Gasteiger partial charge in [-0.05, 0) is 42.6 Å². The molecule has 0 saturated heterocycles. The molecular formula is C19H17N3O2. The van der Waals surface area contributed by atoms with Gasteiger partial charge >= 0.3 is 0 Å². The normalized spacial score (nSPS) is 10.0. The van der Waals surface area contributed by atoms with Crippen LogP contribution in [0.3, 0.4) is 0 Å². The number of rotatable bonds is 4. The number of ether oxygens (including phenoxy) is 1. The fraction of sp³-hybridized carbons (Fsp3) is 0.158. The highest BCUT2D eigenvalue weighted by Crippen LogP contribution is 2.13. The lowest BCUT2D eigenvalue weighted by Gasteiger charge is -2.02. The number of nitrogens with zero attached hydrogens (tertiary/aromatic N) is 1. The molecule has 2 aromatic heterocycles. The summed E-state index contributed by atoms with van der Waals surface area (Å²) in [5, 5.41) is 3.85. The molecule has 0 spiro atoms. The lowest BCUT2D eigenvalue weighted by atomic mass is 10.1. The van der Waals surface area contributed by atoms with E-state index in [4.69, 9.17) is 4.74 Å². The second-order valence-corrected chi connectivity index (χ2v) is 5.24. The molecule has 3 aromatic rings. The maximum atomic E-state index is 12.1. The summed E-state index contributed by atoms with van der Waals surface area (Å²) < 4.78 is 5.44. The van der Waals surface area contributed by atoms with E-state index in [-0.39, 0.29) is 19.1 Å². The molecular weight excluding hydrogens is 302 g/mol. The average Bonchev–Trinajstić information content (AvgIpc) is 3.07. The zero-order chi connectivity index (χ0) is 16.8. The van der Waals surface area contributed by atoms with Gasteiger partial charge in [0.2, 0.25) is 0 Å².